The molecule has 1 N–H and O–H groups in total. The quantitative estimate of drug-likeness (QED) is 0.345. The van der Waals surface area contributed by atoms with E-state index in [2.05, 4.69) is 28.9 Å². The molecular weight excluding hydrogens is 356 g/mol. The van der Waals surface area contributed by atoms with E-state index < -0.39 is 0 Å². The Morgan fingerprint density at radius 1 is 0.821 bits per heavy atom. The Hall–Kier alpha value is -1.60. The largest absolute Gasteiger partial charge is 0.491 e. The highest BCUT2D eigenvalue weighted by atomic mass is 16.5. The van der Waals surface area contributed by atoms with Gasteiger partial charge in [0.05, 0.1) is 26.4 Å². The van der Waals surface area contributed by atoms with Gasteiger partial charge in [-0.25, -0.2) is 0 Å². The molecule has 0 radical (unpaired) electrons. The molecule has 1 fully saturated rings. The van der Waals surface area contributed by atoms with Crippen molar-refractivity contribution in [2.24, 2.45) is 0 Å². The summed E-state index contributed by atoms with van der Waals surface area (Å²) < 4.78 is 22.1. The van der Waals surface area contributed by atoms with Crippen LogP contribution in [0.2, 0.25) is 0 Å². The van der Waals surface area contributed by atoms with Gasteiger partial charge in [-0.1, -0.05) is 6.08 Å². The van der Waals surface area contributed by atoms with Crippen LogP contribution in [0.4, 0.5) is 5.69 Å². The maximum Gasteiger partial charge on any atom is 0.119 e. The Morgan fingerprint density at radius 2 is 1.46 bits per heavy atom. The number of hydrogen-bond acceptors (Lipinski definition) is 6. The fourth-order valence-corrected chi connectivity index (χ4v) is 2.97. The van der Waals surface area contributed by atoms with Gasteiger partial charge in [-0.3, -0.25) is 0 Å². The van der Waals surface area contributed by atoms with Crippen molar-refractivity contribution in [3.8, 4) is 5.75 Å². The maximum atomic E-state index is 5.75. The summed E-state index contributed by atoms with van der Waals surface area (Å²) in [6.07, 6.45) is 4.97. The molecule has 0 saturated carbocycles. The molecule has 1 aliphatic rings. The van der Waals surface area contributed by atoms with E-state index in [9.17, 15) is 0 Å². The van der Waals surface area contributed by atoms with Crippen LogP contribution in [-0.4, -0.2) is 72.4 Å². The number of anilines is 1. The molecule has 0 amide bonds. The Bertz CT molecular complexity index is 504. The first kappa shape index (κ1) is 22.7. The molecular formula is C22H36N2O4. The zero-order valence-electron chi connectivity index (χ0n) is 17.1. The van der Waals surface area contributed by atoms with Crippen LogP contribution in [0, 0.1) is 0 Å². The van der Waals surface area contributed by atoms with Crippen LogP contribution in [0.25, 0.3) is 0 Å². The molecule has 0 unspecified atom stereocenters. The van der Waals surface area contributed by atoms with Crippen molar-refractivity contribution in [2.45, 2.75) is 19.3 Å². The number of nitrogens with zero attached hydrogens (tertiary/aromatic N) is 1. The van der Waals surface area contributed by atoms with Crippen molar-refractivity contribution in [3.63, 3.8) is 0 Å². The minimum atomic E-state index is 0.584. The van der Waals surface area contributed by atoms with Crippen molar-refractivity contribution >= 4 is 5.69 Å². The molecule has 28 heavy (non-hydrogen) atoms. The lowest BCUT2D eigenvalue weighted by Crippen LogP contribution is -2.43. The first-order valence-corrected chi connectivity index (χ1v) is 10.4. The monoisotopic (exact) mass is 392 g/mol. The molecule has 1 saturated heterocycles. The van der Waals surface area contributed by atoms with Gasteiger partial charge >= 0.3 is 0 Å². The summed E-state index contributed by atoms with van der Waals surface area (Å²) in [4.78, 5) is 2.39. The molecule has 0 aromatic heterocycles. The van der Waals surface area contributed by atoms with E-state index in [1.807, 2.05) is 12.1 Å². The van der Waals surface area contributed by atoms with Crippen molar-refractivity contribution in [3.05, 3.63) is 36.9 Å². The summed E-state index contributed by atoms with van der Waals surface area (Å²) in [5, 5.41) is 3.37. The van der Waals surface area contributed by atoms with Crippen molar-refractivity contribution in [1.82, 2.24) is 5.32 Å². The third-order valence-corrected chi connectivity index (χ3v) is 4.50. The van der Waals surface area contributed by atoms with Gasteiger partial charge in [-0.2, -0.15) is 0 Å². The number of nitrogens with one attached hydrogen (secondary N) is 1. The van der Waals surface area contributed by atoms with E-state index in [1.54, 1.807) is 6.08 Å². The lowest BCUT2D eigenvalue weighted by molar-refractivity contribution is 0.0549. The van der Waals surface area contributed by atoms with Crippen molar-refractivity contribution < 1.29 is 18.9 Å². The number of unbranched alkanes of at least 4 members (excludes halogenated alkanes) is 2. The fourth-order valence-electron chi connectivity index (χ4n) is 2.97. The van der Waals surface area contributed by atoms with Crippen LogP contribution in [0.15, 0.2) is 36.9 Å². The molecule has 0 atom stereocenters. The summed E-state index contributed by atoms with van der Waals surface area (Å²) >= 11 is 0. The third kappa shape index (κ3) is 10.1. The van der Waals surface area contributed by atoms with E-state index in [1.165, 1.54) is 5.69 Å². The molecule has 1 aromatic carbocycles. The van der Waals surface area contributed by atoms with E-state index >= 15 is 0 Å². The van der Waals surface area contributed by atoms with Gasteiger partial charge in [0.15, 0.2) is 0 Å². The average molecular weight is 393 g/mol. The minimum Gasteiger partial charge on any atom is -0.491 e. The van der Waals surface area contributed by atoms with Crippen LogP contribution < -0.4 is 15.0 Å². The molecule has 0 spiro atoms. The minimum absolute atomic E-state index is 0.584. The highest BCUT2D eigenvalue weighted by Crippen LogP contribution is 2.19. The Morgan fingerprint density at radius 3 is 2.14 bits per heavy atom. The number of hydrogen-bond donors (Lipinski definition) is 1. The maximum absolute atomic E-state index is 5.75. The molecule has 6 nitrogen and oxygen atoms in total. The zero-order chi connectivity index (χ0) is 19.7. The number of benzene rings is 1. The van der Waals surface area contributed by atoms with Crippen LogP contribution in [0.1, 0.15) is 19.3 Å². The number of piperazine rings is 1. The summed E-state index contributed by atoms with van der Waals surface area (Å²) in [5.74, 6) is 0.900. The van der Waals surface area contributed by atoms with Gasteiger partial charge in [0.1, 0.15) is 12.4 Å². The lowest BCUT2D eigenvalue weighted by atomic mass is 10.2. The standard InChI is InChI=1S/C22H36N2O4/c1-2-14-25-17-18-26-15-4-3-5-16-27-19-20-28-22-8-6-21(7-9-22)24-12-10-23-11-13-24/h2,6-9,23H,1,3-5,10-20H2. The van der Waals surface area contributed by atoms with Gasteiger partial charge in [0.25, 0.3) is 0 Å². The van der Waals surface area contributed by atoms with Crippen LogP contribution in [-0.2, 0) is 14.2 Å². The Labute approximate surface area is 169 Å². The Kier molecular flexibility index (Phi) is 12.4. The van der Waals surface area contributed by atoms with Gasteiger partial charge < -0.3 is 29.2 Å². The van der Waals surface area contributed by atoms with Gasteiger partial charge in [0.2, 0.25) is 0 Å². The molecule has 6 heteroatoms. The molecule has 0 aliphatic carbocycles. The van der Waals surface area contributed by atoms with Crippen LogP contribution in [0.5, 0.6) is 5.75 Å². The second kappa shape index (κ2) is 15.3. The fraction of sp³-hybridized carbons (Fsp3) is 0.636. The van der Waals surface area contributed by atoms with Crippen molar-refractivity contribution in [1.29, 1.82) is 0 Å². The third-order valence-electron chi connectivity index (χ3n) is 4.50. The lowest BCUT2D eigenvalue weighted by Gasteiger charge is -2.29. The number of rotatable bonds is 16. The summed E-state index contributed by atoms with van der Waals surface area (Å²) in [7, 11) is 0. The summed E-state index contributed by atoms with van der Waals surface area (Å²) in [6, 6.07) is 8.35. The average Bonchev–Trinajstić information content (AvgIpc) is 2.75. The predicted molar refractivity (Wildman–Crippen MR) is 114 cm³/mol. The highest BCUT2D eigenvalue weighted by molar-refractivity contribution is 5.49. The first-order chi connectivity index (χ1) is 13.9. The molecule has 1 aliphatic heterocycles. The predicted octanol–water partition coefficient (Wildman–Crippen LogP) is 2.88. The second-order valence-corrected chi connectivity index (χ2v) is 6.73. The summed E-state index contributed by atoms with van der Waals surface area (Å²) in [6.45, 7) is 12.5. The second-order valence-electron chi connectivity index (χ2n) is 6.73. The summed E-state index contributed by atoms with van der Waals surface area (Å²) in [5.41, 5.74) is 1.26. The van der Waals surface area contributed by atoms with Gasteiger partial charge in [-0.05, 0) is 43.5 Å². The molecule has 1 aromatic rings. The van der Waals surface area contributed by atoms with Crippen LogP contribution >= 0.6 is 0 Å². The topological polar surface area (TPSA) is 52.2 Å². The Balaban J connectivity index is 1.39. The normalized spacial score (nSPS) is 14.2. The van der Waals surface area contributed by atoms with Gasteiger partial charge in [-0.15, -0.1) is 6.58 Å². The van der Waals surface area contributed by atoms with E-state index in [0.717, 1.165) is 64.4 Å². The number of ether oxygens (including phenoxy) is 4. The van der Waals surface area contributed by atoms with E-state index in [-0.39, 0.29) is 0 Å². The molecule has 1 heterocycles. The molecule has 0 bridgehead atoms. The van der Waals surface area contributed by atoms with E-state index in [0.29, 0.717) is 33.0 Å². The van der Waals surface area contributed by atoms with Gasteiger partial charge in [0, 0.05) is 45.1 Å². The smallest absolute Gasteiger partial charge is 0.119 e. The zero-order valence-corrected chi connectivity index (χ0v) is 17.1. The first-order valence-electron chi connectivity index (χ1n) is 10.4. The van der Waals surface area contributed by atoms with Crippen molar-refractivity contribution in [2.75, 3.05) is 77.3 Å². The SMILES string of the molecule is C=CCOCCOCCCCCOCCOc1ccc(N2CCNCC2)cc1. The van der Waals surface area contributed by atoms with Crippen LogP contribution in [0.3, 0.4) is 0 Å². The molecule has 158 valence electrons. The molecule has 2 rings (SSSR count). The highest BCUT2D eigenvalue weighted by Gasteiger charge is 2.09. The van der Waals surface area contributed by atoms with E-state index in [4.69, 9.17) is 18.9 Å².